The predicted octanol–water partition coefficient (Wildman–Crippen LogP) is 2.48. The molecule has 0 aromatic carbocycles. The minimum Gasteiger partial charge on any atom is -0.332 e. The van der Waals surface area contributed by atoms with Crippen LogP contribution in [0.15, 0.2) is 0 Å². The molecule has 102 valence electrons. The van der Waals surface area contributed by atoms with Crippen LogP contribution in [0.5, 0.6) is 0 Å². The van der Waals surface area contributed by atoms with E-state index in [0.717, 1.165) is 0 Å². The molecule has 1 amide bonds. The average molecular weight is 266 g/mol. The van der Waals surface area contributed by atoms with Crippen LogP contribution in [0.4, 0.5) is 17.6 Å². The number of hydrogen-bond donors (Lipinski definition) is 1. The van der Waals surface area contributed by atoms with Crippen LogP contribution in [0, 0.1) is 17.2 Å². The average Bonchev–Trinajstić information content (AvgIpc) is 2.32. The topological polar surface area (TPSA) is 52.9 Å². The Balaban J connectivity index is 2.76. The van der Waals surface area contributed by atoms with Crippen molar-refractivity contribution in [3.8, 4) is 6.07 Å². The molecule has 0 bridgehead atoms. The first-order valence-electron chi connectivity index (χ1n) is 5.63. The van der Waals surface area contributed by atoms with E-state index in [9.17, 15) is 22.4 Å². The number of halogens is 4. The molecule has 0 saturated heterocycles. The number of nitrogens with one attached hydrogen (secondary N) is 1. The smallest absolute Gasteiger partial charge is 0.332 e. The second kappa shape index (κ2) is 5.12. The van der Waals surface area contributed by atoms with Gasteiger partial charge in [0.15, 0.2) is 0 Å². The first-order valence-corrected chi connectivity index (χ1v) is 5.63. The quantitative estimate of drug-likeness (QED) is 0.798. The summed E-state index contributed by atoms with van der Waals surface area (Å²) in [5.41, 5.74) is -1.44. The largest absolute Gasteiger partial charge is 0.383 e. The van der Waals surface area contributed by atoms with Crippen molar-refractivity contribution in [3.05, 3.63) is 0 Å². The first kappa shape index (κ1) is 14.7. The third kappa shape index (κ3) is 2.92. The van der Waals surface area contributed by atoms with E-state index in [2.05, 4.69) is 0 Å². The highest BCUT2D eigenvalue weighted by atomic mass is 19.3. The van der Waals surface area contributed by atoms with Gasteiger partial charge in [0.2, 0.25) is 0 Å². The minimum atomic E-state index is -4.76. The molecule has 0 aromatic heterocycles. The fourth-order valence-electron chi connectivity index (χ4n) is 1.92. The maximum Gasteiger partial charge on any atom is 0.383 e. The summed E-state index contributed by atoms with van der Waals surface area (Å²) in [6, 6.07) is 1.77. The number of rotatable bonds is 3. The van der Waals surface area contributed by atoms with Crippen LogP contribution in [-0.2, 0) is 4.79 Å². The van der Waals surface area contributed by atoms with Crippen molar-refractivity contribution < 1.29 is 22.4 Å². The predicted molar refractivity (Wildman–Crippen MR) is 55.1 cm³/mol. The van der Waals surface area contributed by atoms with Crippen LogP contribution in [0.25, 0.3) is 0 Å². The van der Waals surface area contributed by atoms with Crippen LogP contribution in [0.2, 0.25) is 0 Å². The molecule has 0 atom stereocenters. The molecular formula is C11H14F4N2O. The number of nitrogens with zero attached hydrogens (tertiary/aromatic N) is 1. The van der Waals surface area contributed by atoms with Gasteiger partial charge in [-0.15, -0.1) is 0 Å². The standard InChI is InChI=1S/C11H14F4N2O/c1-7-2-4-10(6-16,5-3-7)17-9(18)11(14,15)8(12)13/h7-8H,2-5H2,1H3,(H,17,18). The third-order valence-electron chi connectivity index (χ3n) is 3.27. The Labute approximate surface area is 102 Å². The molecule has 0 unspecified atom stereocenters. The van der Waals surface area contributed by atoms with Gasteiger partial charge in [0, 0.05) is 0 Å². The van der Waals surface area contributed by atoms with Crippen molar-refractivity contribution in [2.75, 3.05) is 0 Å². The zero-order chi connectivity index (χ0) is 14.0. The Hall–Kier alpha value is -1.32. The molecule has 0 aromatic rings. The van der Waals surface area contributed by atoms with Crippen molar-refractivity contribution >= 4 is 5.91 Å². The summed E-state index contributed by atoms with van der Waals surface area (Å²) in [6.07, 6.45) is -2.48. The van der Waals surface area contributed by atoms with Gasteiger partial charge in [-0.25, -0.2) is 8.78 Å². The van der Waals surface area contributed by atoms with Gasteiger partial charge in [-0.1, -0.05) is 6.92 Å². The molecule has 3 nitrogen and oxygen atoms in total. The summed E-state index contributed by atoms with van der Waals surface area (Å²) < 4.78 is 49.6. The number of carbonyl (C=O) groups excluding carboxylic acids is 1. The fraction of sp³-hybridized carbons (Fsp3) is 0.818. The molecule has 7 heteroatoms. The summed E-state index contributed by atoms with van der Waals surface area (Å²) in [5.74, 6) is -6.50. The van der Waals surface area contributed by atoms with Gasteiger partial charge in [-0.05, 0) is 31.6 Å². The van der Waals surface area contributed by atoms with E-state index in [1.807, 2.05) is 6.92 Å². The van der Waals surface area contributed by atoms with Gasteiger partial charge in [-0.3, -0.25) is 4.79 Å². The zero-order valence-corrected chi connectivity index (χ0v) is 9.85. The maximum atomic E-state index is 12.8. The van der Waals surface area contributed by atoms with Crippen LogP contribution in [0.3, 0.4) is 0 Å². The molecule has 0 spiro atoms. The lowest BCUT2D eigenvalue weighted by atomic mass is 9.78. The van der Waals surface area contributed by atoms with Crippen LogP contribution in [-0.4, -0.2) is 23.8 Å². The second-order valence-corrected chi connectivity index (χ2v) is 4.75. The lowest BCUT2D eigenvalue weighted by Crippen LogP contribution is -2.56. The Bertz CT molecular complexity index is 357. The summed E-state index contributed by atoms with van der Waals surface area (Å²) in [7, 11) is 0. The van der Waals surface area contributed by atoms with Gasteiger partial charge in [0.25, 0.3) is 5.91 Å². The lowest BCUT2D eigenvalue weighted by Gasteiger charge is -2.35. The Morgan fingerprint density at radius 1 is 1.44 bits per heavy atom. The van der Waals surface area contributed by atoms with Crippen molar-refractivity contribution in [1.82, 2.24) is 5.32 Å². The molecular weight excluding hydrogens is 252 g/mol. The van der Waals surface area contributed by atoms with Crippen LogP contribution >= 0.6 is 0 Å². The first-order chi connectivity index (χ1) is 8.23. The highest BCUT2D eigenvalue weighted by Crippen LogP contribution is 2.33. The van der Waals surface area contributed by atoms with Crippen LogP contribution < -0.4 is 5.32 Å². The van der Waals surface area contributed by atoms with E-state index in [4.69, 9.17) is 5.26 Å². The molecule has 1 aliphatic rings. The lowest BCUT2D eigenvalue weighted by molar-refractivity contribution is -0.171. The highest BCUT2D eigenvalue weighted by molar-refractivity contribution is 5.85. The molecule has 0 radical (unpaired) electrons. The molecule has 0 aliphatic heterocycles. The molecule has 18 heavy (non-hydrogen) atoms. The number of nitriles is 1. The van der Waals surface area contributed by atoms with Crippen molar-refractivity contribution in [2.24, 2.45) is 5.92 Å². The fourth-order valence-corrected chi connectivity index (χ4v) is 1.92. The van der Waals surface area contributed by atoms with E-state index in [1.54, 1.807) is 11.4 Å². The van der Waals surface area contributed by atoms with Crippen LogP contribution in [0.1, 0.15) is 32.6 Å². The number of carbonyl (C=O) groups is 1. The van der Waals surface area contributed by atoms with E-state index in [1.165, 1.54) is 0 Å². The monoisotopic (exact) mass is 266 g/mol. The van der Waals surface area contributed by atoms with Gasteiger partial charge in [0.1, 0.15) is 5.54 Å². The number of alkyl halides is 4. The van der Waals surface area contributed by atoms with Crippen molar-refractivity contribution in [2.45, 2.75) is 50.5 Å². The Kier molecular flexibility index (Phi) is 4.20. The summed E-state index contributed by atoms with van der Waals surface area (Å²) in [4.78, 5) is 11.1. The van der Waals surface area contributed by atoms with Crippen molar-refractivity contribution in [3.63, 3.8) is 0 Å². The van der Waals surface area contributed by atoms with Crippen molar-refractivity contribution in [1.29, 1.82) is 5.26 Å². The van der Waals surface area contributed by atoms with E-state index < -0.39 is 23.8 Å². The van der Waals surface area contributed by atoms with E-state index >= 15 is 0 Å². The molecule has 1 N–H and O–H groups in total. The summed E-state index contributed by atoms with van der Waals surface area (Å²) >= 11 is 0. The SMILES string of the molecule is CC1CCC(C#N)(NC(=O)C(F)(F)C(F)F)CC1. The van der Waals surface area contributed by atoms with Gasteiger partial charge in [-0.2, -0.15) is 14.0 Å². The summed E-state index contributed by atoms with van der Waals surface area (Å²) in [5, 5.41) is 10.8. The van der Waals surface area contributed by atoms with E-state index in [-0.39, 0.29) is 12.8 Å². The summed E-state index contributed by atoms with van der Waals surface area (Å²) in [6.45, 7) is 1.94. The minimum absolute atomic E-state index is 0.204. The maximum absolute atomic E-state index is 12.8. The number of hydrogen-bond acceptors (Lipinski definition) is 2. The molecule has 0 heterocycles. The second-order valence-electron chi connectivity index (χ2n) is 4.75. The highest BCUT2D eigenvalue weighted by Gasteiger charge is 2.51. The van der Waals surface area contributed by atoms with E-state index in [0.29, 0.717) is 18.8 Å². The van der Waals surface area contributed by atoms with Gasteiger partial charge >= 0.3 is 12.3 Å². The Morgan fingerprint density at radius 3 is 2.33 bits per heavy atom. The zero-order valence-electron chi connectivity index (χ0n) is 9.85. The molecule has 1 fully saturated rings. The normalized spacial score (nSPS) is 28.8. The molecule has 1 rings (SSSR count). The van der Waals surface area contributed by atoms with Gasteiger partial charge < -0.3 is 5.32 Å². The molecule has 1 aliphatic carbocycles. The molecule has 1 saturated carbocycles. The number of amides is 1. The Morgan fingerprint density at radius 2 is 1.94 bits per heavy atom. The third-order valence-corrected chi connectivity index (χ3v) is 3.27. The van der Waals surface area contributed by atoms with Gasteiger partial charge in [0.05, 0.1) is 6.07 Å².